The summed E-state index contributed by atoms with van der Waals surface area (Å²) >= 11 is 1.04. The molecule has 0 aliphatic carbocycles. The smallest absolute Gasteiger partial charge is 0.370 e. The summed E-state index contributed by atoms with van der Waals surface area (Å²) in [6.07, 6.45) is 3.88. The minimum atomic E-state index is -5.79. The lowest BCUT2D eigenvalue weighted by molar-refractivity contribution is -0.149. The van der Waals surface area contributed by atoms with Crippen molar-refractivity contribution in [2.75, 3.05) is 45.9 Å². The van der Waals surface area contributed by atoms with E-state index in [9.17, 15) is 37.5 Å². The van der Waals surface area contributed by atoms with E-state index in [1.165, 1.54) is 17.7 Å². The van der Waals surface area contributed by atoms with Crippen molar-refractivity contribution in [3.05, 3.63) is 106 Å². The number of carbonyl (C=O) groups excluding carboxylic acids is 3. The first kappa shape index (κ1) is 40.2. The summed E-state index contributed by atoms with van der Waals surface area (Å²) in [6, 6.07) is 23.1. The van der Waals surface area contributed by atoms with Crippen LogP contribution in [-0.2, 0) is 31.0 Å². The first-order valence-electron chi connectivity index (χ1n) is 19.2. The van der Waals surface area contributed by atoms with Crippen LogP contribution in [0.15, 0.2) is 84.9 Å². The van der Waals surface area contributed by atoms with Gasteiger partial charge in [-0.15, -0.1) is 11.3 Å². The molecule has 3 aliphatic heterocycles. The predicted molar refractivity (Wildman–Crippen MR) is 209 cm³/mol. The highest BCUT2D eigenvalue weighted by Crippen LogP contribution is 2.59. The number of hydrogen-bond acceptors (Lipinski definition) is 7. The van der Waals surface area contributed by atoms with E-state index in [1.54, 1.807) is 9.80 Å². The molecule has 3 aromatic carbocycles. The Balaban J connectivity index is 1.07. The van der Waals surface area contributed by atoms with E-state index in [0.29, 0.717) is 50.2 Å². The molecule has 3 saturated heterocycles. The number of nitrogens with zero attached hydrogens (tertiary/aromatic N) is 3. The normalized spacial score (nSPS) is 20.6. The van der Waals surface area contributed by atoms with Crippen molar-refractivity contribution in [3.63, 3.8) is 0 Å². The largest absolute Gasteiger partial charge is 0.399 e. The molecule has 298 valence electrons. The van der Waals surface area contributed by atoms with Gasteiger partial charge in [0.25, 0.3) is 5.91 Å². The van der Waals surface area contributed by atoms with Crippen molar-refractivity contribution in [2.45, 2.75) is 62.4 Å². The maximum Gasteiger partial charge on any atom is 0.399 e. The number of morpholine rings is 1. The van der Waals surface area contributed by atoms with E-state index in [2.05, 4.69) is 22.3 Å². The van der Waals surface area contributed by atoms with Crippen molar-refractivity contribution in [3.8, 4) is 0 Å². The summed E-state index contributed by atoms with van der Waals surface area (Å²) < 4.78 is 47.0. The number of fused-ring (bicyclic) bond motifs is 1. The van der Waals surface area contributed by atoms with Crippen LogP contribution in [0.3, 0.4) is 0 Å². The molecule has 0 spiro atoms. The first-order chi connectivity index (χ1) is 26.9. The summed E-state index contributed by atoms with van der Waals surface area (Å²) in [5.74, 6) is -0.878. The van der Waals surface area contributed by atoms with Gasteiger partial charge in [0.1, 0.15) is 18.2 Å². The summed E-state index contributed by atoms with van der Waals surface area (Å²) in [4.78, 5) is 67.0. The molecule has 0 saturated carbocycles. The lowest BCUT2D eigenvalue weighted by atomic mass is 9.89. The molecule has 11 nitrogen and oxygen atoms in total. The molecule has 7 rings (SSSR count). The minimum Gasteiger partial charge on any atom is -0.370 e. The van der Waals surface area contributed by atoms with Gasteiger partial charge in [-0.1, -0.05) is 66.7 Å². The zero-order valence-electron chi connectivity index (χ0n) is 31.0. The summed E-state index contributed by atoms with van der Waals surface area (Å²) in [7, 11) is -5.79. The van der Waals surface area contributed by atoms with Gasteiger partial charge in [-0.2, -0.15) is 8.78 Å². The Morgan fingerprint density at radius 2 is 1.64 bits per heavy atom. The van der Waals surface area contributed by atoms with Crippen LogP contribution in [0.2, 0.25) is 0 Å². The fourth-order valence-corrected chi connectivity index (χ4v) is 9.51. The zero-order chi connectivity index (χ0) is 39.5. The van der Waals surface area contributed by atoms with Crippen LogP contribution in [0, 0.1) is 5.92 Å². The molecule has 56 heavy (non-hydrogen) atoms. The Kier molecular flexibility index (Phi) is 12.3. The van der Waals surface area contributed by atoms with Gasteiger partial charge in [0, 0.05) is 29.9 Å². The van der Waals surface area contributed by atoms with Gasteiger partial charge in [0.05, 0.1) is 18.0 Å². The standard InChI is InChI=1S/C41H47F2N4O7PS/c42-41(43,55(51,52)53)32-13-14-36-31(25-32)26-37(56-36)38(48)44-33(24-29-16-20-45(21-17-29)19-15-28-8-3-1-4-9-28)39(49)47-18-7-12-34(47)40(50)46-22-23-54-35(27-46)30-10-5-2-6-11-30/h1-6,8-11,13-14,25-26,29,33-35H,7,12,15-24,27H2,(H,44,48)(H2,51,52,53)/t33-,34-,35-/m0/s1. The van der Waals surface area contributed by atoms with Gasteiger partial charge >= 0.3 is 13.3 Å². The third kappa shape index (κ3) is 9.06. The fourth-order valence-electron chi connectivity index (χ4n) is 8.09. The second kappa shape index (κ2) is 17.2. The lowest BCUT2D eigenvalue weighted by Gasteiger charge is -2.38. The molecule has 3 aliphatic rings. The monoisotopic (exact) mass is 808 g/mol. The minimum absolute atomic E-state index is 0.135. The Bertz CT molecular complexity index is 2060. The fraction of sp³-hybridized carbons (Fsp3) is 0.439. The number of rotatable bonds is 12. The quantitative estimate of drug-likeness (QED) is 0.145. The van der Waals surface area contributed by atoms with Crippen molar-refractivity contribution in [2.24, 2.45) is 5.92 Å². The number of thiophene rings is 1. The number of likely N-dealkylation sites (tertiary alicyclic amines) is 2. The second-order valence-electron chi connectivity index (χ2n) is 15.0. The van der Waals surface area contributed by atoms with E-state index in [1.807, 2.05) is 48.5 Å². The van der Waals surface area contributed by atoms with Crippen LogP contribution in [0.1, 0.15) is 64.6 Å². The third-order valence-corrected chi connectivity index (χ3v) is 13.4. The van der Waals surface area contributed by atoms with Crippen LogP contribution in [0.4, 0.5) is 8.78 Å². The number of carbonyl (C=O) groups is 3. The van der Waals surface area contributed by atoms with Crippen molar-refractivity contribution in [1.82, 2.24) is 20.0 Å². The number of halogens is 2. The Morgan fingerprint density at radius 3 is 2.36 bits per heavy atom. The molecule has 3 N–H and O–H groups in total. The third-order valence-electron chi connectivity index (χ3n) is 11.3. The second-order valence-corrected chi connectivity index (χ2v) is 17.7. The molecule has 0 bridgehead atoms. The zero-order valence-corrected chi connectivity index (χ0v) is 32.7. The number of hydrogen-bond donors (Lipinski definition) is 3. The molecule has 4 heterocycles. The van der Waals surface area contributed by atoms with Gasteiger partial charge in [0.2, 0.25) is 11.8 Å². The van der Waals surface area contributed by atoms with Crippen molar-refractivity contribution < 1.29 is 42.3 Å². The average molecular weight is 809 g/mol. The summed E-state index contributed by atoms with van der Waals surface area (Å²) in [6.45, 7) is 4.18. The van der Waals surface area contributed by atoms with Gasteiger partial charge < -0.3 is 34.5 Å². The number of ether oxygens (including phenoxy) is 1. The van der Waals surface area contributed by atoms with Crippen molar-refractivity contribution >= 4 is 46.7 Å². The number of benzene rings is 3. The predicted octanol–water partition coefficient (Wildman–Crippen LogP) is 6.16. The molecule has 3 amide bonds. The molecule has 0 unspecified atom stereocenters. The number of amides is 3. The number of alkyl halides is 2. The maximum atomic E-state index is 14.6. The van der Waals surface area contributed by atoms with Crippen LogP contribution >= 0.6 is 18.9 Å². The molecule has 3 fully saturated rings. The average Bonchev–Trinajstić information content (AvgIpc) is 3.88. The van der Waals surface area contributed by atoms with E-state index in [-0.39, 0.29) is 34.1 Å². The van der Waals surface area contributed by atoms with Gasteiger partial charge in [0.15, 0.2) is 0 Å². The highest BCUT2D eigenvalue weighted by Gasteiger charge is 2.50. The van der Waals surface area contributed by atoms with Crippen LogP contribution in [0.5, 0.6) is 0 Å². The Labute approximate surface area is 328 Å². The van der Waals surface area contributed by atoms with E-state index in [4.69, 9.17) is 4.74 Å². The van der Waals surface area contributed by atoms with Crippen LogP contribution in [-0.4, -0.2) is 100 Å². The van der Waals surface area contributed by atoms with E-state index in [0.717, 1.165) is 67.9 Å². The molecule has 3 atom stereocenters. The molecular weight excluding hydrogens is 762 g/mol. The molecule has 15 heteroatoms. The van der Waals surface area contributed by atoms with Gasteiger partial charge in [-0.25, -0.2) is 0 Å². The number of piperidine rings is 1. The van der Waals surface area contributed by atoms with Gasteiger partial charge in [-0.3, -0.25) is 18.9 Å². The highest BCUT2D eigenvalue weighted by molar-refractivity contribution is 7.52. The Hall–Kier alpha value is -4.04. The topological polar surface area (TPSA) is 140 Å². The summed E-state index contributed by atoms with van der Waals surface area (Å²) in [5, 5.41) is 3.19. The molecule has 4 aromatic rings. The van der Waals surface area contributed by atoms with Gasteiger partial charge in [-0.05, 0) is 92.2 Å². The lowest BCUT2D eigenvalue weighted by Crippen LogP contribution is -2.56. The first-order valence-corrected chi connectivity index (χ1v) is 21.6. The molecule has 1 aromatic heterocycles. The highest BCUT2D eigenvalue weighted by atomic mass is 32.1. The van der Waals surface area contributed by atoms with Crippen LogP contribution < -0.4 is 5.32 Å². The van der Waals surface area contributed by atoms with Crippen LogP contribution in [0.25, 0.3) is 10.1 Å². The van der Waals surface area contributed by atoms with E-state index < -0.39 is 36.8 Å². The SMILES string of the molecule is O=C(N[C@@H](CC1CCN(CCc2ccccc2)CC1)C(=O)N1CCC[C@H]1C(=O)N1CCO[C@H](c2ccccc2)C1)c1cc2cc(C(F)(F)P(=O)(O)O)ccc2s1. The maximum absolute atomic E-state index is 14.6. The Morgan fingerprint density at radius 1 is 0.929 bits per heavy atom. The molecule has 0 radical (unpaired) electrons. The summed E-state index contributed by atoms with van der Waals surface area (Å²) in [5.41, 5.74) is -3.00. The van der Waals surface area contributed by atoms with E-state index >= 15 is 0 Å². The van der Waals surface area contributed by atoms with Crippen molar-refractivity contribution in [1.29, 1.82) is 0 Å². The molecular formula is C41H47F2N4O7PS. The number of nitrogens with one attached hydrogen (secondary N) is 1.